The Bertz CT molecular complexity index is 719. The third kappa shape index (κ3) is 3.23. The van der Waals surface area contributed by atoms with Crippen molar-refractivity contribution in [2.24, 2.45) is 0 Å². The molecule has 2 aromatic carbocycles. The van der Waals surface area contributed by atoms with Crippen LogP contribution in [0.25, 0.3) is 0 Å². The minimum Gasteiger partial charge on any atom is -0.484 e. The number of hydrogen-bond acceptors (Lipinski definition) is 4. The van der Waals surface area contributed by atoms with Gasteiger partial charge in [0.05, 0.1) is 24.9 Å². The highest BCUT2D eigenvalue weighted by Gasteiger charge is 2.38. The topological polar surface area (TPSA) is 52.9 Å². The average molecular weight is 331 g/mol. The van der Waals surface area contributed by atoms with E-state index in [0.29, 0.717) is 17.9 Å². The molecular weight excluding hydrogens is 309 g/mol. The van der Waals surface area contributed by atoms with E-state index in [-0.39, 0.29) is 5.82 Å². The number of hydrogen-bond donors (Lipinski definition) is 2. The summed E-state index contributed by atoms with van der Waals surface area (Å²) in [4.78, 5) is 1.98. The second-order valence-electron chi connectivity index (χ2n) is 6.71. The van der Waals surface area contributed by atoms with E-state index in [2.05, 4.69) is 0 Å². The van der Waals surface area contributed by atoms with E-state index in [1.54, 1.807) is 12.1 Å². The highest BCUT2D eigenvalue weighted by molar-refractivity contribution is 5.62. The third-order valence-electron chi connectivity index (χ3n) is 4.19. The van der Waals surface area contributed by atoms with Crippen LogP contribution in [-0.2, 0) is 0 Å². The monoisotopic (exact) mass is 331 g/mol. The van der Waals surface area contributed by atoms with E-state index < -0.39 is 24.4 Å². The molecule has 0 bridgehead atoms. The Morgan fingerprint density at radius 1 is 1.21 bits per heavy atom. The number of fused-ring (bicyclic) bond motifs is 1. The first kappa shape index (κ1) is 16.7. The molecular formula is C19H22FNO3. The van der Waals surface area contributed by atoms with Gasteiger partial charge in [0, 0.05) is 0 Å². The van der Waals surface area contributed by atoms with Crippen molar-refractivity contribution in [1.82, 2.24) is 0 Å². The molecule has 0 radical (unpaired) electrons. The lowest BCUT2D eigenvalue weighted by Gasteiger charge is -2.45. The number of benzene rings is 2. The van der Waals surface area contributed by atoms with Crippen LogP contribution in [0.15, 0.2) is 48.5 Å². The number of nitrogens with zero attached hydrogens (tertiary/aromatic N) is 1. The van der Waals surface area contributed by atoms with E-state index in [9.17, 15) is 14.6 Å². The normalized spacial score (nSPS) is 18.5. The van der Waals surface area contributed by atoms with Crippen LogP contribution in [-0.4, -0.2) is 35.1 Å². The quantitative estimate of drug-likeness (QED) is 0.904. The number of aliphatic hydroxyl groups is 2. The maximum absolute atomic E-state index is 13.7. The third-order valence-corrected chi connectivity index (χ3v) is 4.19. The standard InChI is InChI=1S/C19H22FNO3/c1-19(2)12-21(15-8-3-4-9-17(15)24-19)18(16(23)11-22)13-6-5-7-14(20)10-13/h3-10,16,18,22-23H,11-12H2,1-2H3/t16-,18+/m1/s1. The summed E-state index contributed by atoms with van der Waals surface area (Å²) in [5.74, 6) is 0.337. The van der Waals surface area contributed by atoms with Gasteiger partial charge in [-0.25, -0.2) is 4.39 Å². The predicted octanol–water partition coefficient (Wildman–Crippen LogP) is 2.90. The average Bonchev–Trinajstić information content (AvgIpc) is 2.54. The summed E-state index contributed by atoms with van der Waals surface area (Å²) in [6, 6.07) is 13.1. The Hall–Kier alpha value is -2.11. The fourth-order valence-electron chi connectivity index (χ4n) is 3.25. The van der Waals surface area contributed by atoms with Crippen molar-refractivity contribution in [1.29, 1.82) is 0 Å². The van der Waals surface area contributed by atoms with Crippen LogP contribution in [0.2, 0.25) is 0 Å². The molecule has 0 spiro atoms. The van der Waals surface area contributed by atoms with Crippen molar-refractivity contribution in [3.63, 3.8) is 0 Å². The summed E-state index contributed by atoms with van der Waals surface area (Å²) >= 11 is 0. The molecule has 128 valence electrons. The van der Waals surface area contributed by atoms with Gasteiger partial charge in [0.2, 0.25) is 0 Å². The minimum atomic E-state index is -1.05. The Balaban J connectivity index is 2.10. The molecule has 0 amide bonds. The number of ether oxygens (including phenoxy) is 1. The largest absolute Gasteiger partial charge is 0.484 e. The van der Waals surface area contributed by atoms with Gasteiger partial charge in [0.1, 0.15) is 23.3 Å². The summed E-state index contributed by atoms with van der Waals surface area (Å²) in [5, 5.41) is 20.0. The fraction of sp³-hybridized carbons (Fsp3) is 0.368. The maximum Gasteiger partial charge on any atom is 0.143 e. The van der Waals surface area contributed by atoms with E-state index >= 15 is 0 Å². The summed E-state index contributed by atoms with van der Waals surface area (Å²) in [5.41, 5.74) is 0.956. The molecule has 0 fully saturated rings. The van der Waals surface area contributed by atoms with Crippen molar-refractivity contribution >= 4 is 5.69 Å². The fourth-order valence-corrected chi connectivity index (χ4v) is 3.25. The van der Waals surface area contributed by atoms with Gasteiger partial charge >= 0.3 is 0 Å². The van der Waals surface area contributed by atoms with Crippen molar-refractivity contribution < 1.29 is 19.3 Å². The Morgan fingerprint density at radius 2 is 1.96 bits per heavy atom. The number of rotatable bonds is 4. The highest BCUT2D eigenvalue weighted by Crippen LogP contribution is 2.42. The van der Waals surface area contributed by atoms with Crippen molar-refractivity contribution in [2.75, 3.05) is 18.1 Å². The molecule has 3 rings (SSSR count). The molecule has 24 heavy (non-hydrogen) atoms. The molecule has 4 nitrogen and oxygen atoms in total. The summed E-state index contributed by atoms with van der Waals surface area (Å²) in [7, 11) is 0. The van der Waals surface area contributed by atoms with Gasteiger partial charge in [-0.05, 0) is 43.7 Å². The Kier molecular flexibility index (Phi) is 4.47. The minimum absolute atomic E-state index is 0.372. The zero-order valence-electron chi connectivity index (χ0n) is 13.8. The zero-order valence-corrected chi connectivity index (χ0v) is 13.8. The number of anilines is 1. The van der Waals surface area contributed by atoms with Crippen molar-refractivity contribution in [3.05, 3.63) is 59.9 Å². The molecule has 0 aromatic heterocycles. The number of aliphatic hydroxyl groups excluding tert-OH is 2. The Morgan fingerprint density at radius 3 is 2.67 bits per heavy atom. The van der Waals surface area contributed by atoms with E-state index in [0.717, 1.165) is 5.69 Å². The Labute approximate surface area is 141 Å². The van der Waals surface area contributed by atoms with Gasteiger partial charge in [-0.15, -0.1) is 0 Å². The van der Waals surface area contributed by atoms with Crippen molar-refractivity contribution in [3.8, 4) is 5.75 Å². The van der Waals surface area contributed by atoms with Crippen LogP contribution in [0.5, 0.6) is 5.75 Å². The lowest BCUT2D eigenvalue weighted by Crippen LogP contribution is -2.51. The lowest BCUT2D eigenvalue weighted by molar-refractivity contribution is 0.0543. The molecule has 2 aromatic rings. The first-order valence-corrected chi connectivity index (χ1v) is 8.00. The smallest absolute Gasteiger partial charge is 0.143 e. The lowest BCUT2D eigenvalue weighted by atomic mass is 9.95. The van der Waals surface area contributed by atoms with E-state index in [1.807, 2.05) is 43.0 Å². The maximum atomic E-state index is 13.7. The van der Waals surface area contributed by atoms with E-state index in [1.165, 1.54) is 12.1 Å². The van der Waals surface area contributed by atoms with E-state index in [4.69, 9.17) is 4.74 Å². The first-order valence-electron chi connectivity index (χ1n) is 8.00. The molecule has 1 heterocycles. The zero-order chi connectivity index (χ0) is 17.3. The van der Waals surface area contributed by atoms with Crippen LogP contribution in [0.3, 0.4) is 0 Å². The highest BCUT2D eigenvalue weighted by atomic mass is 19.1. The molecule has 5 heteroatoms. The van der Waals surface area contributed by atoms with Crippen LogP contribution in [0.4, 0.5) is 10.1 Å². The molecule has 0 saturated carbocycles. The second-order valence-corrected chi connectivity index (χ2v) is 6.71. The molecule has 2 atom stereocenters. The summed E-state index contributed by atoms with van der Waals surface area (Å²) in [6.07, 6.45) is -1.05. The second kappa shape index (κ2) is 6.42. The van der Waals surface area contributed by atoms with Crippen LogP contribution < -0.4 is 9.64 Å². The first-order chi connectivity index (χ1) is 11.4. The number of para-hydroxylation sites is 2. The number of halogens is 1. The molecule has 0 aliphatic carbocycles. The van der Waals surface area contributed by atoms with Gasteiger partial charge in [0.15, 0.2) is 0 Å². The molecule has 1 aliphatic rings. The molecule has 0 saturated heterocycles. The predicted molar refractivity (Wildman–Crippen MR) is 90.7 cm³/mol. The van der Waals surface area contributed by atoms with Gasteiger partial charge in [-0.2, -0.15) is 0 Å². The van der Waals surface area contributed by atoms with Crippen LogP contribution in [0, 0.1) is 5.82 Å². The molecule has 1 aliphatic heterocycles. The van der Waals surface area contributed by atoms with Crippen molar-refractivity contribution in [2.45, 2.75) is 31.6 Å². The molecule has 0 unspecified atom stereocenters. The molecule has 2 N–H and O–H groups in total. The van der Waals surface area contributed by atoms with Gasteiger partial charge < -0.3 is 19.8 Å². The van der Waals surface area contributed by atoms with Crippen LogP contribution >= 0.6 is 0 Å². The van der Waals surface area contributed by atoms with Gasteiger partial charge in [-0.1, -0.05) is 24.3 Å². The van der Waals surface area contributed by atoms with Gasteiger partial charge in [-0.3, -0.25) is 0 Å². The van der Waals surface area contributed by atoms with Gasteiger partial charge in [0.25, 0.3) is 0 Å². The summed E-state index contributed by atoms with van der Waals surface area (Å²) in [6.45, 7) is 4.01. The summed E-state index contributed by atoms with van der Waals surface area (Å²) < 4.78 is 19.7. The SMILES string of the molecule is CC1(C)CN([C@@H](c2cccc(F)c2)[C@H](O)CO)c2ccccc2O1. The van der Waals surface area contributed by atoms with Crippen LogP contribution in [0.1, 0.15) is 25.5 Å².